The van der Waals surface area contributed by atoms with Crippen LogP contribution in [-0.2, 0) is 9.53 Å². The Balaban J connectivity index is 1.44. The third-order valence-electron chi connectivity index (χ3n) is 5.01. The summed E-state index contributed by atoms with van der Waals surface area (Å²) in [6.07, 6.45) is 1.83. The monoisotopic (exact) mass is 407 g/mol. The molecule has 29 heavy (non-hydrogen) atoms. The first-order chi connectivity index (χ1) is 14.2. The van der Waals surface area contributed by atoms with Crippen LogP contribution in [0.15, 0.2) is 72.2 Å². The lowest BCUT2D eigenvalue weighted by Gasteiger charge is -2.36. The van der Waals surface area contributed by atoms with Crippen LogP contribution in [0.5, 0.6) is 0 Å². The van der Waals surface area contributed by atoms with Crippen molar-refractivity contribution in [2.45, 2.75) is 25.2 Å². The second-order valence-electron chi connectivity index (χ2n) is 7.32. The molecule has 1 saturated heterocycles. The van der Waals surface area contributed by atoms with Crippen LogP contribution >= 0.6 is 11.3 Å². The van der Waals surface area contributed by atoms with Crippen LogP contribution in [0, 0.1) is 0 Å². The van der Waals surface area contributed by atoms with Gasteiger partial charge in [0.05, 0.1) is 18.8 Å². The summed E-state index contributed by atoms with van der Waals surface area (Å²) >= 11 is 1.55. The molecule has 1 aliphatic heterocycles. The summed E-state index contributed by atoms with van der Waals surface area (Å²) in [5, 5.41) is 6.01. The molecule has 0 saturated carbocycles. The van der Waals surface area contributed by atoms with E-state index in [1.54, 1.807) is 17.5 Å². The summed E-state index contributed by atoms with van der Waals surface area (Å²) in [5.74, 6) is -0.00466. The first kappa shape index (κ1) is 19.8. The Morgan fingerprint density at radius 3 is 2.59 bits per heavy atom. The number of nitrogens with zero attached hydrogens (tertiary/aromatic N) is 2. The van der Waals surface area contributed by atoms with Crippen molar-refractivity contribution in [2.24, 2.45) is 0 Å². The molecule has 1 fully saturated rings. The van der Waals surface area contributed by atoms with E-state index >= 15 is 0 Å². The molecule has 1 amide bonds. The number of carbonyl (C=O) groups is 1. The Morgan fingerprint density at radius 2 is 1.90 bits per heavy atom. The number of ether oxygens (including phenoxy) is 1. The molecule has 4 rings (SSSR count). The Labute approximate surface area is 175 Å². The minimum atomic E-state index is -0.230. The highest BCUT2D eigenvalue weighted by Gasteiger charge is 2.28. The van der Waals surface area contributed by atoms with E-state index in [0.717, 1.165) is 22.7 Å². The maximum absolute atomic E-state index is 12.9. The van der Waals surface area contributed by atoms with Crippen molar-refractivity contribution in [1.29, 1.82) is 0 Å². The molecule has 3 aromatic rings. The molecule has 1 aromatic heterocycles. The minimum absolute atomic E-state index is 0.00466. The number of thiazole rings is 1. The molecular formula is C23H25N3O2S. The van der Waals surface area contributed by atoms with E-state index < -0.39 is 0 Å². The fourth-order valence-corrected chi connectivity index (χ4v) is 4.45. The number of hydrogen-bond acceptors (Lipinski definition) is 5. The van der Waals surface area contributed by atoms with E-state index in [-0.39, 0.29) is 24.2 Å². The lowest BCUT2D eigenvalue weighted by molar-refractivity contribution is -0.127. The van der Waals surface area contributed by atoms with Crippen molar-refractivity contribution < 1.29 is 9.53 Å². The Morgan fingerprint density at radius 1 is 1.17 bits per heavy atom. The molecule has 0 bridgehead atoms. The van der Waals surface area contributed by atoms with Crippen molar-refractivity contribution in [1.82, 2.24) is 15.2 Å². The van der Waals surface area contributed by atoms with Gasteiger partial charge in [-0.15, -0.1) is 11.3 Å². The smallest absolute Gasteiger partial charge is 0.235 e. The SMILES string of the molecule is CC1CN(CC(=O)NC(c2ccccc2)c2nccs2)CC(c2ccccc2)O1. The first-order valence-electron chi connectivity index (χ1n) is 9.85. The number of carbonyl (C=O) groups excluding carboxylic acids is 1. The predicted octanol–water partition coefficient (Wildman–Crippen LogP) is 3.81. The van der Waals surface area contributed by atoms with E-state index in [4.69, 9.17) is 4.74 Å². The Hall–Kier alpha value is -2.54. The fraction of sp³-hybridized carbons (Fsp3) is 0.304. The second kappa shape index (κ2) is 9.31. The zero-order valence-electron chi connectivity index (χ0n) is 16.4. The van der Waals surface area contributed by atoms with Gasteiger partial charge in [0.25, 0.3) is 0 Å². The minimum Gasteiger partial charge on any atom is -0.368 e. The van der Waals surface area contributed by atoms with E-state index in [2.05, 4.69) is 34.3 Å². The van der Waals surface area contributed by atoms with Crippen molar-refractivity contribution in [2.75, 3.05) is 19.6 Å². The quantitative estimate of drug-likeness (QED) is 0.675. The molecule has 150 valence electrons. The third kappa shape index (κ3) is 5.09. The summed E-state index contributed by atoms with van der Waals surface area (Å²) in [5.41, 5.74) is 2.18. The van der Waals surface area contributed by atoms with Crippen LogP contribution in [0.3, 0.4) is 0 Å². The van der Waals surface area contributed by atoms with E-state index in [0.29, 0.717) is 13.1 Å². The fourth-order valence-electron chi connectivity index (χ4n) is 3.74. The van der Waals surface area contributed by atoms with Gasteiger partial charge in [0.15, 0.2) is 0 Å². The topological polar surface area (TPSA) is 54.5 Å². The van der Waals surface area contributed by atoms with Crippen LogP contribution in [0.1, 0.15) is 35.2 Å². The van der Waals surface area contributed by atoms with Crippen molar-refractivity contribution in [3.63, 3.8) is 0 Å². The van der Waals surface area contributed by atoms with Crippen LogP contribution in [0.4, 0.5) is 0 Å². The molecular weight excluding hydrogens is 382 g/mol. The molecule has 0 radical (unpaired) electrons. The van der Waals surface area contributed by atoms with E-state index in [9.17, 15) is 4.79 Å². The van der Waals surface area contributed by atoms with Crippen LogP contribution < -0.4 is 5.32 Å². The molecule has 2 aromatic carbocycles. The summed E-state index contributed by atoms with van der Waals surface area (Å²) < 4.78 is 6.11. The summed E-state index contributed by atoms with van der Waals surface area (Å²) in [6.45, 7) is 3.84. The molecule has 2 heterocycles. The Bertz CT molecular complexity index is 902. The number of rotatable bonds is 6. The number of amides is 1. The van der Waals surface area contributed by atoms with Gasteiger partial charge in [-0.25, -0.2) is 4.98 Å². The Kier molecular flexibility index (Phi) is 6.34. The van der Waals surface area contributed by atoms with Crippen LogP contribution in [0.25, 0.3) is 0 Å². The molecule has 1 N–H and O–H groups in total. The van der Waals surface area contributed by atoms with Crippen LogP contribution in [-0.4, -0.2) is 41.5 Å². The standard InChI is InChI=1S/C23H25N3O2S/c1-17-14-26(15-20(28-17)18-8-4-2-5-9-18)16-21(27)25-22(23-24-12-13-29-23)19-10-6-3-7-11-19/h2-13,17,20,22H,14-16H2,1H3,(H,25,27). The first-order valence-corrected chi connectivity index (χ1v) is 10.7. The lowest BCUT2D eigenvalue weighted by Crippen LogP contribution is -2.47. The highest BCUT2D eigenvalue weighted by atomic mass is 32.1. The molecule has 0 spiro atoms. The van der Waals surface area contributed by atoms with Crippen molar-refractivity contribution in [3.05, 3.63) is 88.4 Å². The van der Waals surface area contributed by atoms with E-state index in [1.165, 1.54) is 0 Å². The number of morpholine rings is 1. The van der Waals surface area contributed by atoms with Gasteiger partial charge in [-0.3, -0.25) is 9.69 Å². The zero-order chi connectivity index (χ0) is 20.1. The number of nitrogens with one attached hydrogen (secondary N) is 1. The average Bonchev–Trinajstić information content (AvgIpc) is 3.27. The molecule has 3 unspecified atom stereocenters. The largest absolute Gasteiger partial charge is 0.368 e. The predicted molar refractivity (Wildman–Crippen MR) is 115 cm³/mol. The highest BCUT2D eigenvalue weighted by molar-refractivity contribution is 7.09. The normalized spacial score (nSPS) is 20.9. The highest BCUT2D eigenvalue weighted by Crippen LogP contribution is 2.26. The summed E-state index contributed by atoms with van der Waals surface area (Å²) in [4.78, 5) is 19.5. The van der Waals surface area contributed by atoms with Gasteiger partial charge in [-0.05, 0) is 18.1 Å². The number of hydrogen-bond donors (Lipinski definition) is 1. The van der Waals surface area contributed by atoms with Gasteiger partial charge in [-0.2, -0.15) is 0 Å². The molecule has 5 nitrogen and oxygen atoms in total. The van der Waals surface area contributed by atoms with E-state index in [1.807, 2.05) is 53.9 Å². The van der Waals surface area contributed by atoms with Crippen molar-refractivity contribution >= 4 is 17.2 Å². The van der Waals surface area contributed by atoms with Crippen LogP contribution in [0.2, 0.25) is 0 Å². The average molecular weight is 408 g/mol. The van der Waals surface area contributed by atoms with Gasteiger partial charge in [0.1, 0.15) is 11.0 Å². The second-order valence-corrected chi connectivity index (χ2v) is 8.25. The molecule has 0 aliphatic carbocycles. The summed E-state index contributed by atoms with van der Waals surface area (Å²) in [7, 11) is 0. The number of aromatic nitrogens is 1. The van der Waals surface area contributed by atoms with Crippen molar-refractivity contribution in [3.8, 4) is 0 Å². The van der Waals surface area contributed by atoms with Gasteiger partial charge in [-0.1, -0.05) is 60.7 Å². The third-order valence-corrected chi connectivity index (χ3v) is 5.85. The van der Waals surface area contributed by atoms with Gasteiger partial charge >= 0.3 is 0 Å². The lowest BCUT2D eigenvalue weighted by atomic mass is 10.1. The number of benzene rings is 2. The molecule has 3 atom stereocenters. The van der Waals surface area contributed by atoms with Gasteiger partial charge < -0.3 is 10.1 Å². The zero-order valence-corrected chi connectivity index (χ0v) is 17.2. The maximum Gasteiger partial charge on any atom is 0.235 e. The molecule has 1 aliphatic rings. The molecule has 6 heteroatoms. The summed E-state index contributed by atoms with van der Waals surface area (Å²) in [6, 6.07) is 20.0. The van der Waals surface area contributed by atoms with Gasteiger partial charge in [0.2, 0.25) is 5.91 Å². The maximum atomic E-state index is 12.9. The van der Waals surface area contributed by atoms with Gasteiger partial charge in [0, 0.05) is 24.7 Å².